The van der Waals surface area contributed by atoms with E-state index in [1.807, 2.05) is 0 Å². The van der Waals surface area contributed by atoms with Gasteiger partial charge in [-0.25, -0.2) is 4.98 Å². The fourth-order valence-electron chi connectivity index (χ4n) is 2.39. The number of aromatic nitrogens is 1. The van der Waals surface area contributed by atoms with Gasteiger partial charge in [-0.3, -0.25) is 9.69 Å². The van der Waals surface area contributed by atoms with Crippen molar-refractivity contribution in [1.82, 2.24) is 15.2 Å². The molecular weight excluding hydrogens is 288 g/mol. The van der Waals surface area contributed by atoms with Crippen molar-refractivity contribution in [3.63, 3.8) is 0 Å². The monoisotopic (exact) mass is 312 g/mol. The number of carbonyl (C=O) groups excluding carboxylic acids is 1. The van der Waals surface area contributed by atoms with Crippen molar-refractivity contribution in [2.24, 2.45) is 11.7 Å². The molecule has 118 valence electrons. The number of amides is 1. The van der Waals surface area contributed by atoms with Crippen LogP contribution in [0.15, 0.2) is 5.38 Å². The number of rotatable bonds is 6. The smallest absolute Gasteiger partial charge is 0.270 e. The predicted molar refractivity (Wildman–Crippen MR) is 83.4 cm³/mol. The first-order valence-corrected chi connectivity index (χ1v) is 8.23. The quantitative estimate of drug-likeness (QED) is 0.808. The predicted octanol–water partition coefficient (Wildman–Crippen LogP) is 0.688. The van der Waals surface area contributed by atoms with Crippen LogP contribution in [0.3, 0.4) is 0 Å². The second-order valence-electron chi connectivity index (χ2n) is 5.69. The Labute approximate surface area is 129 Å². The molecule has 0 spiro atoms. The van der Waals surface area contributed by atoms with Gasteiger partial charge in [0.05, 0.1) is 12.7 Å². The highest BCUT2D eigenvalue weighted by atomic mass is 32.1. The van der Waals surface area contributed by atoms with Crippen LogP contribution in [0.25, 0.3) is 0 Å². The van der Waals surface area contributed by atoms with E-state index in [1.54, 1.807) is 5.38 Å². The Kier molecular flexibility index (Phi) is 6.10. The Morgan fingerprint density at radius 3 is 3.14 bits per heavy atom. The topological polar surface area (TPSA) is 80.5 Å². The van der Waals surface area contributed by atoms with Crippen LogP contribution in [-0.2, 0) is 11.3 Å². The van der Waals surface area contributed by atoms with E-state index in [-0.39, 0.29) is 12.0 Å². The molecule has 2 heterocycles. The van der Waals surface area contributed by atoms with E-state index in [0.29, 0.717) is 24.7 Å². The molecule has 0 bridgehead atoms. The molecule has 0 saturated carbocycles. The second-order valence-corrected chi connectivity index (χ2v) is 6.63. The van der Waals surface area contributed by atoms with E-state index >= 15 is 0 Å². The zero-order valence-electron chi connectivity index (χ0n) is 12.7. The van der Waals surface area contributed by atoms with E-state index in [2.05, 4.69) is 29.0 Å². The minimum Gasteiger partial charge on any atom is -0.374 e. The van der Waals surface area contributed by atoms with Crippen LogP contribution < -0.4 is 11.1 Å². The summed E-state index contributed by atoms with van der Waals surface area (Å²) < 4.78 is 5.71. The van der Waals surface area contributed by atoms with E-state index in [0.717, 1.165) is 31.2 Å². The van der Waals surface area contributed by atoms with E-state index in [9.17, 15) is 4.79 Å². The van der Waals surface area contributed by atoms with Gasteiger partial charge in [-0.05, 0) is 5.92 Å². The van der Waals surface area contributed by atoms with E-state index < -0.39 is 0 Å². The zero-order valence-corrected chi connectivity index (χ0v) is 13.5. The Hall–Kier alpha value is -1.02. The molecule has 3 N–H and O–H groups in total. The number of nitrogens with two attached hydrogens (primary N) is 1. The number of nitrogens with zero attached hydrogens (tertiary/aromatic N) is 2. The normalized spacial score (nSPS) is 19.9. The van der Waals surface area contributed by atoms with Gasteiger partial charge in [0.25, 0.3) is 5.91 Å². The van der Waals surface area contributed by atoms with E-state index in [1.165, 1.54) is 11.3 Å². The molecule has 0 aliphatic carbocycles. The zero-order chi connectivity index (χ0) is 15.2. The van der Waals surface area contributed by atoms with Gasteiger partial charge in [-0.1, -0.05) is 13.8 Å². The van der Waals surface area contributed by atoms with Crippen LogP contribution in [0.2, 0.25) is 0 Å². The van der Waals surface area contributed by atoms with Crippen molar-refractivity contribution >= 4 is 17.2 Å². The highest BCUT2D eigenvalue weighted by molar-refractivity contribution is 7.09. The summed E-state index contributed by atoms with van der Waals surface area (Å²) in [4.78, 5) is 18.6. The van der Waals surface area contributed by atoms with Gasteiger partial charge in [-0.2, -0.15) is 0 Å². The van der Waals surface area contributed by atoms with Crippen molar-refractivity contribution in [2.75, 3.05) is 32.8 Å². The molecule has 1 fully saturated rings. The molecule has 0 radical (unpaired) electrons. The Bertz CT molecular complexity index is 464. The first kappa shape index (κ1) is 16.4. The summed E-state index contributed by atoms with van der Waals surface area (Å²) in [5, 5.41) is 5.41. The molecule has 1 aliphatic heterocycles. The minimum absolute atomic E-state index is 0.0501. The van der Waals surface area contributed by atoms with Gasteiger partial charge in [0, 0.05) is 38.1 Å². The van der Waals surface area contributed by atoms with Crippen LogP contribution in [-0.4, -0.2) is 54.7 Å². The molecule has 0 aromatic carbocycles. The SMILES string of the molecule is CC(C)CN1CCOC(CNC(=O)c2csc(CN)n2)C1. The first-order chi connectivity index (χ1) is 10.1. The molecule has 1 aromatic heterocycles. The summed E-state index contributed by atoms with van der Waals surface area (Å²) in [6.07, 6.45) is 0.0501. The van der Waals surface area contributed by atoms with E-state index in [4.69, 9.17) is 10.5 Å². The van der Waals surface area contributed by atoms with Gasteiger partial charge in [0.15, 0.2) is 0 Å². The summed E-state index contributed by atoms with van der Waals surface area (Å²) in [5.74, 6) is 0.485. The van der Waals surface area contributed by atoms with Crippen molar-refractivity contribution in [3.05, 3.63) is 16.1 Å². The van der Waals surface area contributed by atoms with Crippen LogP contribution >= 0.6 is 11.3 Å². The summed E-state index contributed by atoms with van der Waals surface area (Å²) in [7, 11) is 0. The molecule has 7 heteroatoms. The molecule has 21 heavy (non-hydrogen) atoms. The number of thiazole rings is 1. The number of ether oxygens (including phenoxy) is 1. The fraction of sp³-hybridized carbons (Fsp3) is 0.714. The lowest BCUT2D eigenvalue weighted by Gasteiger charge is -2.33. The third kappa shape index (κ3) is 5.03. The van der Waals surface area contributed by atoms with Crippen LogP contribution in [0.1, 0.15) is 29.3 Å². The molecule has 1 atom stereocenters. The van der Waals surface area contributed by atoms with Crippen molar-refractivity contribution in [2.45, 2.75) is 26.5 Å². The average Bonchev–Trinajstić information content (AvgIpc) is 2.93. The van der Waals surface area contributed by atoms with Gasteiger partial charge in [0.2, 0.25) is 0 Å². The van der Waals surface area contributed by atoms with Crippen molar-refractivity contribution < 1.29 is 9.53 Å². The lowest BCUT2D eigenvalue weighted by molar-refractivity contribution is -0.0295. The van der Waals surface area contributed by atoms with Gasteiger partial charge >= 0.3 is 0 Å². The summed E-state index contributed by atoms with van der Waals surface area (Å²) in [6, 6.07) is 0. The largest absolute Gasteiger partial charge is 0.374 e. The Morgan fingerprint density at radius 1 is 1.67 bits per heavy atom. The first-order valence-electron chi connectivity index (χ1n) is 7.35. The molecule has 6 nitrogen and oxygen atoms in total. The molecular formula is C14H24N4O2S. The summed E-state index contributed by atoms with van der Waals surface area (Å²) >= 11 is 1.41. The maximum absolute atomic E-state index is 12.0. The molecule has 1 amide bonds. The fourth-order valence-corrected chi connectivity index (χ4v) is 3.05. The number of hydrogen-bond acceptors (Lipinski definition) is 6. The number of carbonyl (C=O) groups is 1. The Balaban J connectivity index is 1.78. The minimum atomic E-state index is -0.157. The van der Waals surface area contributed by atoms with Crippen LogP contribution in [0.4, 0.5) is 0 Å². The molecule has 1 aromatic rings. The number of nitrogens with one attached hydrogen (secondary N) is 1. The third-order valence-electron chi connectivity index (χ3n) is 3.30. The average molecular weight is 312 g/mol. The number of morpholine rings is 1. The van der Waals surface area contributed by atoms with Crippen molar-refractivity contribution in [3.8, 4) is 0 Å². The second kappa shape index (κ2) is 7.84. The molecule has 1 aliphatic rings. The van der Waals surface area contributed by atoms with Crippen LogP contribution in [0, 0.1) is 5.92 Å². The third-order valence-corrected chi connectivity index (χ3v) is 4.17. The maximum Gasteiger partial charge on any atom is 0.270 e. The highest BCUT2D eigenvalue weighted by Crippen LogP contribution is 2.10. The van der Waals surface area contributed by atoms with Gasteiger partial charge in [0.1, 0.15) is 10.7 Å². The van der Waals surface area contributed by atoms with Gasteiger partial charge < -0.3 is 15.8 Å². The molecule has 1 saturated heterocycles. The molecule has 2 rings (SSSR count). The highest BCUT2D eigenvalue weighted by Gasteiger charge is 2.22. The molecule has 1 unspecified atom stereocenters. The maximum atomic E-state index is 12.0. The van der Waals surface area contributed by atoms with Crippen molar-refractivity contribution in [1.29, 1.82) is 0 Å². The van der Waals surface area contributed by atoms with Crippen LogP contribution in [0.5, 0.6) is 0 Å². The standard InChI is InChI=1S/C14H24N4O2S/c1-10(2)7-18-3-4-20-11(8-18)6-16-14(19)12-9-21-13(5-15)17-12/h9-11H,3-8,15H2,1-2H3,(H,16,19). The van der Waals surface area contributed by atoms with Gasteiger partial charge in [-0.15, -0.1) is 11.3 Å². The lowest BCUT2D eigenvalue weighted by atomic mass is 10.2. The Morgan fingerprint density at radius 2 is 2.48 bits per heavy atom. The summed E-state index contributed by atoms with van der Waals surface area (Å²) in [5.41, 5.74) is 5.94. The lowest BCUT2D eigenvalue weighted by Crippen LogP contribution is -2.48. The summed E-state index contributed by atoms with van der Waals surface area (Å²) in [6.45, 7) is 8.93. The number of hydrogen-bond donors (Lipinski definition) is 2.